The van der Waals surface area contributed by atoms with Crippen LogP contribution in [0.2, 0.25) is 0 Å². The summed E-state index contributed by atoms with van der Waals surface area (Å²) in [5, 5.41) is 0. The first kappa shape index (κ1) is 27.6. The van der Waals surface area contributed by atoms with Crippen LogP contribution >= 0.6 is 0 Å². The third-order valence-electron chi connectivity index (χ3n) is 7.04. The number of rotatable bonds is 3. The van der Waals surface area contributed by atoms with Crippen molar-refractivity contribution in [3.05, 3.63) is 73.9 Å². The fourth-order valence-electron chi connectivity index (χ4n) is 5.07. The molecule has 4 rings (SSSR count). The first-order chi connectivity index (χ1) is 13.9. The summed E-state index contributed by atoms with van der Waals surface area (Å²) in [7, 11) is 0. The normalized spacial score (nSPS) is 29.5. The molecule has 0 aliphatic heterocycles. The van der Waals surface area contributed by atoms with Gasteiger partial charge in [-0.3, -0.25) is 0 Å². The first-order valence-electron chi connectivity index (χ1n) is 11.7. The predicted octanol–water partition coefficient (Wildman–Crippen LogP) is 8.87. The van der Waals surface area contributed by atoms with Crippen LogP contribution in [0.3, 0.4) is 0 Å². The van der Waals surface area contributed by atoms with Gasteiger partial charge in [0.2, 0.25) is 0 Å². The minimum absolute atomic E-state index is 0. The Morgan fingerprint density at radius 3 is 2.20 bits per heavy atom. The van der Waals surface area contributed by atoms with Crippen molar-refractivity contribution in [2.24, 2.45) is 22.7 Å². The summed E-state index contributed by atoms with van der Waals surface area (Å²) in [4.78, 5) is 0. The van der Waals surface area contributed by atoms with E-state index in [0.29, 0.717) is 11.3 Å². The maximum absolute atomic E-state index is 3.60. The van der Waals surface area contributed by atoms with E-state index in [9.17, 15) is 0 Å². The van der Waals surface area contributed by atoms with Gasteiger partial charge in [-0.15, -0.1) is 0 Å². The Bertz CT molecular complexity index is 675. The van der Waals surface area contributed by atoms with Gasteiger partial charge >= 0.3 is 26.2 Å². The molecule has 0 nitrogen and oxygen atoms in total. The number of benzene rings is 1. The molecule has 3 aliphatic rings. The molecule has 0 saturated heterocycles. The summed E-state index contributed by atoms with van der Waals surface area (Å²) in [5.74, 6) is 2.05. The molecule has 1 heteroatoms. The van der Waals surface area contributed by atoms with Crippen molar-refractivity contribution in [2.45, 2.75) is 79.1 Å². The van der Waals surface area contributed by atoms with Crippen molar-refractivity contribution < 1.29 is 26.2 Å². The van der Waals surface area contributed by atoms with Gasteiger partial charge in [0.1, 0.15) is 0 Å². The second-order valence-electron chi connectivity index (χ2n) is 9.64. The van der Waals surface area contributed by atoms with Gasteiger partial charge < -0.3 is 20.3 Å². The zero-order chi connectivity index (χ0) is 21.5. The summed E-state index contributed by atoms with van der Waals surface area (Å²) in [5.41, 5.74) is 3.52. The van der Waals surface area contributed by atoms with Crippen LogP contribution in [-0.4, -0.2) is 0 Å². The van der Waals surface area contributed by atoms with Gasteiger partial charge in [-0.2, -0.15) is 25.2 Å². The van der Waals surface area contributed by atoms with Crippen molar-refractivity contribution in [1.29, 1.82) is 0 Å². The largest absolute Gasteiger partial charge is 3.00 e. The molecule has 163 valence electrons. The summed E-state index contributed by atoms with van der Waals surface area (Å²) in [6.45, 7) is 18.7. The van der Waals surface area contributed by atoms with Gasteiger partial charge in [0.05, 0.1) is 0 Å². The van der Waals surface area contributed by atoms with Crippen molar-refractivity contribution in [2.75, 3.05) is 0 Å². The van der Waals surface area contributed by atoms with Crippen LogP contribution in [0.5, 0.6) is 0 Å². The molecule has 0 aromatic heterocycles. The van der Waals surface area contributed by atoms with Crippen molar-refractivity contribution in [3.8, 4) is 0 Å². The van der Waals surface area contributed by atoms with Gasteiger partial charge in [-0.1, -0.05) is 108 Å². The van der Waals surface area contributed by atoms with Crippen LogP contribution in [0.1, 0.15) is 90.2 Å². The zero-order valence-electron chi connectivity index (χ0n) is 20.1. The topological polar surface area (TPSA) is 0 Å². The third kappa shape index (κ3) is 6.09. The second-order valence-corrected chi connectivity index (χ2v) is 9.64. The third-order valence-corrected chi connectivity index (χ3v) is 7.04. The molecule has 0 N–H and O–H groups in total. The minimum Gasteiger partial charge on any atom is -0.343 e. The number of hydrogen-bond acceptors (Lipinski definition) is 0. The number of unbranched alkanes of at least 4 members (excludes halogenated alkanes) is 2. The van der Waals surface area contributed by atoms with E-state index < -0.39 is 0 Å². The Balaban J connectivity index is 0.000000435. The Morgan fingerprint density at radius 2 is 1.60 bits per heavy atom. The molecule has 30 heavy (non-hydrogen) atoms. The monoisotopic (exact) mass is 481 g/mol. The van der Waals surface area contributed by atoms with E-state index in [2.05, 4.69) is 103 Å². The van der Waals surface area contributed by atoms with Crippen LogP contribution in [0.15, 0.2) is 42.5 Å². The molecule has 0 heterocycles. The van der Waals surface area contributed by atoms with Crippen molar-refractivity contribution in [3.63, 3.8) is 0 Å². The standard InChI is InChI=1S/C21H25.2C4H9.Zr/c1-20(2)13-14-21(3,19-10-6-9-18(19)20)17-12-11-15-7-4-5-8-16(15)17;2*1-3-4-2;/h4-5,7-9,11-14,17-19H,6,10H2,1-3H3;2*1,3-4H2,2H3;/q3*-1;+3. The number of allylic oxidation sites excluding steroid dienone is 3. The van der Waals surface area contributed by atoms with Gasteiger partial charge in [0.15, 0.2) is 0 Å². The maximum Gasteiger partial charge on any atom is 3.00 e. The molecule has 0 spiro atoms. The molecular weight excluding hydrogens is 440 g/mol. The van der Waals surface area contributed by atoms with Crippen LogP contribution in [0.25, 0.3) is 6.08 Å². The molecule has 3 aliphatic carbocycles. The summed E-state index contributed by atoms with van der Waals surface area (Å²) >= 11 is 0. The van der Waals surface area contributed by atoms with Crippen molar-refractivity contribution in [1.82, 2.24) is 0 Å². The molecule has 0 amide bonds. The van der Waals surface area contributed by atoms with Crippen LogP contribution < -0.4 is 0 Å². The first-order valence-corrected chi connectivity index (χ1v) is 11.7. The van der Waals surface area contributed by atoms with Gasteiger partial charge in [0.25, 0.3) is 0 Å². The molecule has 1 radical (unpaired) electrons. The fraction of sp³-hybridized carbons (Fsp3) is 0.552. The molecule has 1 fully saturated rings. The van der Waals surface area contributed by atoms with E-state index >= 15 is 0 Å². The van der Waals surface area contributed by atoms with Crippen LogP contribution in [0.4, 0.5) is 0 Å². The Morgan fingerprint density at radius 1 is 1.00 bits per heavy atom. The molecule has 1 aromatic rings. The van der Waals surface area contributed by atoms with Crippen molar-refractivity contribution >= 4 is 6.08 Å². The Kier molecular flexibility index (Phi) is 11.6. The summed E-state index contributed by atoms with van der Waals surface area (Å²) in [6, 6.07) is 8.92. The van der Waals surface area contributed by atoms with E-state index in [1.807, 2.05) is 0 Å². The Labute approximate surface area is 207 Å². The summed E-state index contributed by atoms with van der Waals surface area (Å²) < 4.78 is 0. The second kappa shape index (κ2) is 12.6. The number of fused-ring (bicyclic) bond motifs is 2. The molecular formula is C29H43Zr. The molecule has 0 bridgehead atoms. The molecule has 4 atom stereocenters. The van der Waals surface area contributed by atoms with E-state index in [1.54, 1.807) is 0 Å². The zero-order valence-corrected chi connectivity index (χ0v) is 22.5. The maximum atomic E-state index is 3.60. The van der Waals surface area contributed by atoms with E-state index in [1.165, 1.54) is 36.8 Å². The van der Waals surface area contributed by atoms with E-state index in [4.69, 9.17) is 0 Å². The Hall–Kier alpha value is -0.417. The van der Waals surface area contributed by atoms with E-state index in [-0.39, 0.29) is 31.6 Å². The van der Waals surface area contributed by atoms with Crippen LogP contribution in [-0.2, 0) is 26.2 Å². The fourth-order valence-corrected chi connectivity index (χ4v) is 5.07. The SMILES string of the molecule is CC1(C)C=CC(C)(C2C=Cc3ccccc32)C2CC[CH-]C21.[CH2-]CCC.[CH2-]CCC.[Zr+3]. The molecule has 1 aromatic carbocycles. The van der Waals surface area contributed by atoms with Gasteiger partial charge in [-0.25, -0.2) is 0 Å². The van der Waals surface area contributed by atoms with Gasteiger partial charge in [0, 0.05) is 5.92 Å². The smallest absolute Gasteiger partial charge is 0.343 e. The van der Waals surface area contributed by atoms with Gasteiger partial charge in [-0.05, 0) is 22.0 Å². The average Bonchev–Trinajstić information content (AvgIpc) is 3.40. The average molecular weight is 483 g/mol. The number of hydrogen-bond donors (Lipinski definition) is 0. The molecule has 4 unspecified atom stereocenters. The minimum atomic E-state index is 0. The quantitative estimate of drug-likeness (QED) is 0.298. The molecule has 1 saturated carbocycles. The predicted molar refractivity (Wildman–Crippen MR) is 130 cm³/mol. The van der Waals surface area contributed by atoms with E-state index in [0.717, 1.165) is 24.7 Å². The summed E-state index contributed by atoms with van der Waals surface area (Å²) in [6.07, 6.45) is 19.6. The van der Waals surface area contributed by atoms with Crippen LogP contribution in [0, 0.1) is 42.9 Å².